The van der Waals surface area contributed by atoms with Crippen molar-refractivity contribution in [2.75, 3.05) is 18.1 Å². The highest BCUT2D eigenvalue weighted by Crippen LogP contribution is 2.16. The van der Waals surface area contributed by atoms with Gasteiger partial charge in [0.15, 0.2) is 0 Å². The molecule has 0 aliphatic heterocycles. The van der Waals surface area contributed by atoms with Crippen LogP contribution < -0.4 is 10.9 Å². The molecule has 1 aromatic heterocycles. The Morgan fingerprint density at radius 3 is 2.77 bits per heavy atom. The van der Waals surface area contributed by atoms with E-state index in [1.54, 1.807) is 19.2 Å². The third-order valence-corrected chi connectivity index (χ3v) is 4.10. The van der Waals surface area contributed by atoms with Crippen LogP contribution in [0.15, 0.2) is 35.1 Å². The Morgan fingerprint density at radius 2 is 2.05 bits per heavy atom. The average Bonchev–Trinajstić information content (AvgIpc) is 2.50. The molecule has 2 rings (SSSR count). The van der Waals surface area contributed by atoms with E-state index in [0.29, 0.717) is 28.8 Å². The molecule has 0 spiro atoms. The summed E-state index contributed by atoms with van der Waals surface area (Å²) in [5.41, 5.74) is 0.784. The van der Waals surface area contributed by atoms with Crippen LogP contribution in [-0.2, 0) is 11.8 Å². The first-order chi connectivity index (χ1) is 10.5. The molecule has 1 heterocycles. The number of carboxylic acids is 1. The molecule has 2 N–H and O–H groups in total. The molecule has 0 saturated heterocycles. The van der Waals surface area contributed by atoms with Crippen LogP contribution in [0.25, 0.3) is 10.9 Å². The molecule has 6 nitrogen and oxygen atoms in total. The molecule has 7 heteroatoms. The number of fused-ring (bicyclic) bond motifs is 1. The van der Waals surface area contributed by atoms with Crippen molar-refractivity contribution in [2.45, 2.75) is 0 Å². The van der Waals surface area contributed by atoms with Gasteiger partial charge < -0.3 is 15.0 Å². The van der Waals surface area contributed by atoms with E-state index in [0.717, 1.165) is 0 Å². The number of nitrogens with one attached hydrogen (secondary N) is 1. The second kappa shape index (κ2) is 7.13. The number of benzene rings is 1. The van der Waals surface area contributed by atoms with E-state index >= 15 is 0 Å². The van der Waals surface area contributed by atoms with E-state index in [1.807, 2.05) is 12.1 Å². The summed E-state index contributed by atoms with van der Waals surface area (Å²) in [7, 11) is 1.66. The second-order valence-electron chi connectivity index (χ2n) is 4.67. The maximum atomic E-state index is 12.2. The molecule has 0 aliphatic rings. The van der Waals surface area contributed by atoms with Crippen LogP contribution in [-0.4, -0.2) is 39.6 Å². The van der Waals surface area contributed by atoms with Crippen LogP contribution in [0.4, 0.5) is 0 Å². The van der Waals surface area contributed by atoms with Crippen molar-refractivity contribution in [3.8, 4) is 0 Å². The number of aliphatic carboxylic acids is 1. The molecule has 1 amide bonds. The van der Waals surface area contributed by atoms with Gasteiger partial charge in [-0.25, -0.2) is 0 Å². The van der Waals surface area contributed by atoms with Gasteiger partial charge in [-0.3, -0.25) is 14.4 Å². The SMILES string of the molecule is Cn1c(=O)cc(C(=O)NCCSCC(=O)O)c2ccccc21. The molecule has 22 heavy (non-hydrogen) atoms. The van der Waals surface area contributed by atoms with Crippen molar-refractivity contribution in [3.63, 3.8) is 0 Å². The zero-order valence-electron chi connectivity index (χ0n) is 12.0. The van der Waals surface area contributed by atoms with E-state index in [2.05, 4.69) is 5.32 Å². The summed E-state index contributed by atoms with van der Waals surface area (Å²) < 4.78 is 1.49. The topological polar surface area (TPSA) is 88.4 Å². The number of rotatable bonds is 6. The van der Waals surface area contributed by atoms with Crippen LogP contribution in [0.2, 0.25) is 0 Å². The standard InChI is InChI=1S/C15H16N2O4S/c1-17-12-5-3-2-4-10(12)11(8-13(17)18)15(21)16-6-7-22-9-14(19)20/h2-5,8H,6-7,9H2,1H3,(H,16,21)(H,19,20). The molecule has 0 bridgehead atoms. The molecule has 1 aromatic carbocycles. The van der Waals surface area contributed by atoms with Crippen LogP contribution in [0.1, 0.15) is 10.4 Å². The van der Waals surface area contributed by atoms with Gasteiger partial charge in [-0.15, -0.1) is 11.8 Å². The van der Waals surface area contributed by atoms with Crippen molar-refractivity contribution in [1.82, 2.24) is 9.88 Å². The molecule has 116 valence electrons. The van der Waals surface area contributed by atoms with Gasteiger partial charge in [-0.05, 0) is 6.07 Å². The molecule has 0 unspecified atom stereocenters. The molecular weight excluding hydrogens is 304 g/mol. The lowest BCUT2D eigenvalue weighted by Gasteiger charge is -2.10. The highest BCUT2D eigenvalue weighted by Gasteiger charge is 2.12. The average molecular weight is 320 g/mol. The van der Waals surface area contributed by atoms with Crippen molar-refractivity contribution in [3.05, 3.63) is 46.2 Å². The fourth-order valence-corrected chi connectivity index (χ4v) is 2.66. The third-order valence-electron chi connectivity index (χ3n) is 3.16. The van der Waals surface area contributed by atoms with Gasteiger partial charge in [0, 0.05) is 30.8 Å². The number of pyridine rings is 1. The van der Waals surface area contributed by atoms with E-state index in [-0.39, 0.29) is 17.2 Å². The van der Waals surface area contributed by atoms with Crippen molar-refractivity contribution in [1.29, 1.82) is 0 Å². The summed E-state index contributed by atoms with van der Waals surface area (Å²) in [5.74, 6) is -0.704. The Hall–Kier alpha value is -2.28. The zero-order chi connectivity index (χ0) is 16.1. The Balaban J connectivity index is 2.13. The minimum absolute atomic E-state index is 0.00464. The quantitative estimate of drug-likeness (QED) is 0.778. The summed E-state index contributed by atoms with van der Waals surface area (Å²) in [6, 6.07) is 8.53. The highest BCUT2D eigenvalue weighted by molar-refractivity contribution is 7.99. The van der Waals surface area contributed by atoms with Gasteiger partial charge in [-0.2, -0.15) is 0 Å². The molecule has 0 radical (unpaired) electrons. The Morgan fingerprint density at radius 1 is 1.32 bits per heavy atom. The minimum atomic E-state index is -0.881. The number of hydrogen-bond acceptors (Lipinski definition) is 4. The number of aromatic nitrogens is 1. The van der Waals surface area contributed by atoms with Gasteiger partial charge in [0.1, 0.15) is 0 Å². The first-order valence-electron chi connectivity index (χ1n) is 6.67. The monoisotopic (exact) mass is 320 g/mol. The zero-order valence-corrected chi connectivity index (χ0v) is 12.9. The summed E-state index contributed by atoms with van der Waals surface area (Å²) in [4.78, 5) is 34.5. The number of amides is 1. The van der Waals surface area contributed by atoms with E-state index < -0.39 is 5.97 Å². The Labute approximate surface area is 131 Å². The van der Waals surface area contributed by atoms with Crippen LogP contribution in [0.3, 0.4) is 0 Å². The highest BCUT2D eigenvalue weighted by atomic mass is 32.2. The largest absolute Gasteiger partial charge is 0.481 e. The van der Waals surface area contributed by atoms with Gasteiger partial charge in [0.05, 0.1) is 16.8 Å². The maximum Gasteiger partial charge on any atom is 0.313 e. The van der Waals surface area contributed by atoms with Crippen molar-refractivity contribution in [2.24, 2.45) is 7.05 Å². The van der Waals surface area contributed by atoms with Gasteiger partial charge >= 0.3 is 5.97 Å². The molecule has 0 saturated carbocycles. The normalized spacial score (nSPS) is 10.6. The van der Waals surface area contributed by atoms with Crippen LogP contribution >= 0.6 is 11.8 Å². The summed E-state index contributed by atoms with van der Waals surface area (Å²) in [6.45, 7) is 0.348. The number of carboxylic acid groups (broad SMARTS) is 1. The molecule has 2 aromatic rings. The van der Waals surface area contributed by atoms with Crippen molar-refractivity contribution >= 4 is 34.5 Å². The number of para-hydroxylation sites is 1. The van der Waals surface area contributed by atoms with Crippen molar-refractivity contribution < 1.29 is 14.7 Å². The first kappa shape index (κ1) is 16.1. The number of hydrogen-bond donors (Lipinski definition) is 2. The molecule has 0 fully saturated rings. The predicted molar refractivity (Wildman–Crippen MR) is 86.5 cm³/mol. The van der Waals surface area contributed by atoms with Gasteiger partial charge in [0.2, 0.25) is 0 Å². The predicted octanol–water partition coefficient (Wildman–Crippen LogP) is 1.09. The molecular formula is C15H16N2O4S. The number of carbonyl (C=O) groups is 2. The minimum Gasteiger partial charge on any atom is -0.481 e. The number of nitrogens with zero attached hydrogens (tertiary/aromatic N) is 1. The fraction of sp³-hybridized carbons (Fsp3) is 0.267. The molecule has 0 aliphatic carbocycles. The van der Waals surface area contributed by atoms with Gasteiger partial charge in [0.25, 0.3) is 11.5 Å². The first-order valence-corrected chi connectivity index (χ1v) is 7.82. The number of carbonyl (C=O) groups excluding carboxylic acids is 1. The lowest BCUT2D eigenvalue weighted by Crippen LogP contribution is -2.28. The molecule has 0 atom stereocenters. The van der Waals surface area contributed by atoms with E-state index in [9.17, 15) is 14.4 Å². The van der Waals surface area contributed by atoms with Crippen LogP contribution in [0.5, 0.6) is 0 Å². The Kier molecular flexibility index (Phi) is 5.21. The third kappa shape index (κ3) is 3.67. The maximum absolute atomic E-state index is 12.2. The second-order valence-corrected chi connectivity index (χ2v) is 5.78. The summed E-state index contributed by atoms with van der Waals surface area (Å²) in [5, 5.41) is 11.9. The summed E-state index contributed by atoms with van der Waals surface area (Å²) >= 11 is 1.23. The summed E-state index contributed by atoms with van der Waals surface area (Å²) in [6.07, 6.45) is 0. The van der Waals surface area contributed by atoms with Gasteiger partial charge in [-0.1, -0.05) is 18.2 Å². The smallest absolute Gasteiger partial charge is 0.313 e. The lowest BCUT2D eigenvalue weighted by atomic mass is 10.1. The van der Waals surface area contributed by atoms with Crippen LogP contribution in [0, 0.1) is 0 Å². The lowest BCUT2D eigenvalue weighted by molar-refractivity contribution is -0.133. The Bertz CT molecular complexity index is 770. The fourth-order valence-electron chi connectivity index (χ4n) is 2.09. The van der Waals surface area contributed by atoms with E-state index in [1.165, 1.54) is 22.4 Å². The van der Waals surface area contributed by atoms with E-state index in [4.69, 9.17) is 5.11 Å². The number of aryl methyl sites for hydroxylation is 1. The number of thioether (sulfide) groups is 1.